The molecule has 1 amide bonds. The number of halogens is 1. The molecule has 1 aliphatic rings. The van der Waals surface area contributed by atoms with Crippen molar-refractivity contribution in [3.8, 4) is 0 Å². The highest BCUT2D eigenvalue weighted by atomic mass is 32.2. The zero-order valence-corrected chi connectivity index (χ0v) is 12.2. The predicted molar refractivity (Wildman–Crippen MR) is 73.2 cm³/mol. The van der Waals surface area contributed by atoms with Gasteiger partial charge in [-0.15, -0.1) is 0 Å². The fourth-order valence-corrected chi connectivity index (χ4v) is 3.92. The first-order valence-corrected chi connectivity index (χ1v) is 7.63. The van der Waals surface area contributed by atoms with Crippen LogP contribution in [0.1, 0.15) is 5.56 Å². The molecule has 1 atom stereocenters. The molecule has 1 aromatic rings. The molecule has 0 spiro atoms. The molecular weight excluding hydrogens is 301 g/mol. The molecule has 116 valence electrons. The van der Waals surface area contributed by atoms with Crippen LogP contribution in [0.15, 0.2) is 17.0 Å². The molecule has 1 aromatic carbocycles. The van der Waals surface area contributed by atoms with Gasteiger partial charge in [-0.2, -0.15) is 4.31 Å². The number of primary amides is 1. The predicted octanol–water partition coefficient (Wildman–Crippen LogP) is -0.409. The molecule has 0 radical (unpaired) electrons. The second-order valence-corrected chi connectivity index (χ2v) is 6.62. The third-order valence-electron chi connectivity index (χ3n) is 3.24. The van der Waals surface area contributed by atoms with Gasteiger partial charge in [-0.25, -0.2) is 12.8 Å². The van der Waals surface area contributed by atoms with E-state index in [1.165, 1.54) is 13.0 Å². The number of amides is 1. The number of nitrogens with zero attached hydrogens (tertiary/aromatic N) is 1. The highest BCUT2D eigenvalue weighted by Crippen LogP contribution is 2.26. The van der Waals surface area contributed by atoms with Crippen LogP contribution in [0.3, 0.4) is 0 Å². The van der Waals surface area contributed by atoms with Gasteiger partial charge >= 0.3 is 0 Å². The summed E-state index contributed by atoms with van der Waals surface area (Å²) in [6, 6.07) is 1.20. The molecule has 1 unspecified atom stereocenters. The highest BCUT2D eigenvalue weighted by molar-refractivity contribution is 7.89. The van der Waals surface area contributed by atoms with E-state index in [2.05, 4.69) is 0 Å². The Hall–Kier alpha value is -1.71. The summed E-state index contributed by atoms with van der Waals surface area (Å²) < 4.78 is 45.3. The molecule has 0 aromatic heterocycles. The van der Waals surface area contributed by atoms with Crippen LogP contribution in [-0.4, -0.2) is 44.4 Å². The van der Waals surface area contributed by atoms with Gasteiger partial charge in [0.2, 0.25) is 15.9 Å². The molecule has 1 heterocycles. The first-order chi connectivity index (χ1) is 9.75. The number of morpholine rings is 1. The zero-order valence-electron chi connectivity index (χ0n) is 11.4. The fourth-order valence-electron chi connectivity index (χ4n) is 2.18. The van der Waals surface area contributed by atoms with E-state index in [1.807, 2.05) is 0 Å². The van der Waals surface area contributed by atoms with Gasteiger partial charge in [-0.3, -0.25) is 4.79 Å². The largest absolute Gasteiger partial charge is 0.399 e. The maximum absolute atomic E-state index is 14.2. The zero-order chi connectivity index (χ0) is 15.8. The molecule has 2 rings (SSSR count). The number of hydrogen-bond acceptors (Lipinski definition) is 5. The Morgan fingerprint density at radius 3 is 2.76 bits per heavy atom. The van der Waals surface area contributed by atoms with Crippen LogP contribution in [-0.2, 0) is 19.6 Å². The molecule has 1 saturated heterocycles. The van der Waals surface area contributed by atoms with Gasteiger partial charge in [0.25, 0.3) is 0 Å². The van der Waals surface area contributed by atoms with Gasteiger partial charge in [0, 0.05) is 12.2 Å². The van der Waals surface area contributed by atoms with E-state index in [4.69, 9.17) is 16.2 Å². The Morgan fingerprint density at radius 2 is 2.14 bits per heavy atom. The van der Waals surface area contributed by atoms with E-state index in [9.17, 15) is 17.6 Å². The van der Waals surface area contributed by atoms with Crippen molar-refractivity contribution in [3.05, 3.63) is 23.5 Å². The van der Waals surface area contributed by atoms with Crippen LogP contribution < -0.4 is 11.5 Å². The summed E-state index contributed by atoms with van der Waals surface area (Å²) in [4.78, 5) is 10.8. The average Bonchev–Trinajstić information content (AvgIpc) is 2.42. The van der Waals surface area contributed by atoms with Crippen LogP contribution in [0, 0.1) is 12.7 Å². The van der Waals surface area contributed by atoms with E-state index in [0.29, 0.717) is 0 Å². The van der Waals surface area contributed by atoms with E-state index < -0.39 is 32.7 Å². The van der Waals surface area contributed by atoms with Crippen molar-refractivity contribution >= 4 is 21.6 Å². The highest BCUT2D eigenvalue weighted by Gasteiger charge is 2.38. The lowest BCUT2D eigenvalue weighted by Gasteiger charge is -2.32. The topological polar surface area (TPSA) is 116 Å². The number of rotatable bonds is 3. The normalized spacial score (nSPS) is 20.4. The van der Waals surface area contributed by atoms with Crippen molar-refractivity contribution in [1.82, 2.24) is 4.31 Å². The second-order valence-electron chi connectivity index (χ2n) is 4.76. The number of carbonyl (C=O) groups is 1. The third kappa shape index (κ3) is 2.85. The summed E-state index contributed by atoms with van der Waals surface area (Å²) in [7, 11) is -4.23. The molecule has 1 fully saturated rings. The Labute approximate surface area is 121 Å². The van der Waals surface area contributed by atoms with Gasteiger partial charge in [0.15, 0.2) is 0 Å². The summed E-state index contributed by atoms with van der Waals surface area (Å²) in [5.41, 5.74) is 11.0. The number of carbonyl (C=O) groups excluding carboxylic acids is 1. The van der Waals surface area contributed by atoms with Gasteiger partial charge in [0.05, 0.1) is 13.2 Å². The number of benzene rings is 1. The van der Waals surface area contributed by atoms with Crippen LogP contribution in [0.25, 0.3) is 0 Å². The standard InChI is InChI=1S/C12H16FN3O4S/c1-7-4-8(14)5-10(11(7)13)21(18,19)16-2-3-20-6-9(16)12(15)17/h4-5,9H,2-3,6,14H2,1H3,(H2,15,17). The van der Waals surface area contributed by atoms with E-state index in [0.717, 1.165) is 10.4 Å². The maximum atomic E-state index is 14.2. The van der Waals surface area contributed by atoms with E-state index in [-0.39, 0.29) is 31.0 Å². The Morgan fingerprint density at radius 1 is 1.48 bits per heavy atom. The van der Waals surface area contributed by atoms with Gasteiger partial charge in [-0.1, -0.05) is 0 Å². The molecule has 0 bridgehead atoms. The first kappa shape index (κ1) is 15.7. The van der Waals surface area contributed by atoms with E-state index in [1.54, 1.807) is 0 Å². The van der Waals surface area contributed by atoms with E-state index >= 15 is 0 Å². The number of anilines is 1. The molecule has 0 saturated carbocycles. The quantitative estimate of drug-likeness (QED) is 0.735. The monoisotopic (exact) mass is 317 g/mol. The molecule has 9 heteroatoms. The molecule has 21 heavy (non-hydrogen) atoms. The number of nitrogens with two attached hydrogens (primary N) is 2. The minimum absolute atomic E-state index is 0.0801. The van der Waals surface area contributed by atoms with Crippen LogP contribution in [0.2, 0.25) is 0 Å². The molecule has 1 aliphatic heterocycles. The summed E-state index contributed by atoms with van der Waals surface area (Å²) in [6.07, 6.45) is 0. The smallest absolute Gasteiger partial charge is 0.246 e. The van der Waals surface area contributed by atoms with Crippen LogP contribution in [0.5, 0.6) is 0 Å². The second kappa shape index (κ2) is 5.58. The lowest BCUT2D eigenvalue weighted by molar-refractivity contribution is -0.125. The Kier molecular flexibility index (Phi) is 4.17. The minimum atomic E-state index is -4.23. The van der Waals surface area contributed by atoms with Crippen molar-refractivity contribution in [1.29, 1.82) is 0 Å². The molecule has 0 aliphatic carbocycles. The first-order valence-electron chi connectivity index (χ1n) is 6.19. The summed E-state index contributed by atoms with van der Waals surface area (Å²) in [5.74, 6) is -1.74. The lowest BCUT2D eigenvalue weighted by Crippen LogP contribution is -2.54. The average molecular weight is 317 g/mol. The summed E-state index contributed by atoms with van der Waals surface area (Å²) in [5, 5.41) is 0. The fraction of sp³-hybridized carbons (Fsp3) is 0.417. The number of nitrogen functional groups attached to an aromatic ring is 1. The number of ether oxygens (including phenoxy) is 1. The number of aryl methyl sites for hydroxylation is 1. The van der Waals surface area contributed by atoms with Crippen molar-refractivity contribution in [2.45, 2.75) is 17.9 Å². The lowest BCUT2D eigenvalue weighted by atomic mass is 10.2. The Bertz CT molecular complexity index is 677. The third-order valence-corrected chi connectivity index (χ3v) is 5.15. The maximum Gasteiger partial charge on any atom is 0.246 e. The molecule has 4 N–H and O–H groups in total. The molecular formula is C12H16FN3O4S. The number of hydrogen-bond donors (Lipinski definition) is 2. The van der Waals surface area contributed by atoms with Gasteiger partial charge in [0.1, 0.15) is 16.8 Å². The van der Waals surface area contributed by atoms with Crippen molar-refractivity contribution in [3.63, 3.8) is 0 Å². The van der Waals surface area contributed by atoms with Gasteiger partial charge < -0.3 is 16.2 Å². The van der Waals surface area contributed by atoms with Crippen LogP contribution in [0.4, 0.5) is 10.1 Å². The summed E-state index contributed by atoms with van der Waals surface area (Å²) in [6.45, 7) is 1.28. The minimum Gasteiger partial charge on any atom is -0.399 e. The SMILES string of the molecule is Cc1cc(N)cc(S(=O)(=O)N2CCOCC2C(N)=O)c1F. The van der Waals surface area contributed by atoms with Crippen molar-refractivity contribution in [2.75, 3.05) is 25.5 Å². The Balaban J connectivity index is 2.53. The van der Waals surface area contributed by atoms with Crippen molar-refractivity contribution in [2.24, 2.45) is 5.73 Å². The van der Waals surface area contributed by atoms with Crippen molar-refractivity contribution < 1.29 is 22.3 Å². The summed E-state index contributed by atoms with van der Waals surface area (Å²) >= 11 is 0. The van der Waals surface area contributed by atoms with Crippen LogP contribution >= 0.6 is 0 Å². The molecule has 7 nitrogen and oxygen atoms in total. The number of sulfonamides is 1. The van der Waals surface area contributed by atoms with Gasteiger partial charge in [-0.05, 0) is 24.6 Å².